The van der Waals surface area contributed by atoms with Crippen molar-refractivity contribution in [3.05, 3.63) is 29.0 Å². The van der Waals surface area contributed by atoms with Crippen molar-refractivity contribution in [2.24, 2.45) is 0 Å². The predicted octanol–water partition coefficient (Wildman–Crippen LogP) is 3.50. The average molecular weight is 264 g/mol. The van der Waals surface area contributed by atoms with Crippen LogP contribution in [0.1, 0.15) is 19.5 Å². The van der Waals surface area contributed by atoms with E-state index in [0.717, 1.165) is 0 Å². The van der Waals surface area contributed by atoms with Crippen molar-refractivity contribution >= 4 is 19.2 Å². The van der Waals surface area contributed by atoms with Crippen molar-refractivity contribution in [2.75, 3.05) is 13.2 Å². The molecule has 0 aliphatic rings. The molecule has 0 bridgehead atoms. The normalized spacial score (nSPS) is 11.7. The maximum absolute atomic E-state index is 12.2. The lowest BCUT2D eigenvalue weighted by atomic mass is 10.4. The van der Waals surface area contributed by atoms with Crippen molar-refractivity contribution in [3.63, 3.8) is 0 Å². The molecular formula is C10H15ClNO3P. The van der Waals surface area contributed by atoms with E-state index in [0.29, 0.717) is 24.1 Å². The Labute approximate surface area is 100 Å². The van der Waals surface area contributed by atoms with Crippen LogP contribution in [0.2, 0.25) is 5.15 Å². The van der Waals surface area contributed by atoms with Crippen LogP contribution in [0.25, 0.3) is 0 Å². The van der Waals surface area contributed by atoms with E-state index in [-0.39, 0.29) is 6.16 Å². The first kappa shape index (κ1) is 13.7. The van der Waals surface area contributed by atoms with E-state index in [9.17, 15) is 4.57 Å². The minimum absolute atomic E-state index is 0.148. The minimum Gasteiger partial charge on any atom is -0.309 e. The van der Waals surface area contributed by atoms with Gasteiger partial charge in [-0.15, -0.1) is 0 Å². The van der Waals surface area contributed by atoms with Crippen molar-refractivity contribution in [1.29, 1.82) is 0 Å². The molecule has 0 amide bonds. The van der Waals surface area contributed by atoms with Gasteiger partial charge in [0.1, 0.15) is 5.15 Å². The van der Waals surface area contributed by atoms with Crippen molar-refractivity contribution in [2.45, 2.75) is 20.0 Å². The molecule has 0 aliphatic heterocycles. The first-order chi connectivity index (χ1) is 7.59. The Bertz CT molecular complexity index is 376. The van der Waals surface area contributed by atoms with Gasteiger partial charge in [-0.3, -0.25) is 4.57 Å². The van der Waals surface area contributed by atoms with Crippen LogP contribution in [0, 0.1) is 0 Å². The van der Waals surface area contributed by atoms with Gasteiger partial charge in [0.15, 0.2) is 0 Å². The number of halogens is 1. The monoisotopic (exact) mass is 263 g/mol. The summed E-state index contributed by atoms with van der Waals surface area (Å²) in [6, 6.07) is 5.17. The van der Waals surface area contributed by atoms with Crippen molar-refractivity contribution in [3.8, 4) is 0 Å². The van der Waals surface area contributed by atoms with Gasteiger partial charge in [-0.1, -0.05) is 17.7 Å². The summed E-state index contributed by atoms with van der Waals surface area (Å²) in [5, 5.41) is 0.372. The Morgan fingerprint density at radius 3 is 2.44 bits per heavy atom. The smallest absolute Gasteiger partial charge is 0.309 e. The Morgan fingerprint density at radius 2 is 1.94 bits per heavy atom. The zero-order chi connectivity index (χ0) is 12.0. The first-order valence-electron chi connectivity index (χ1n) is 5.09. The second-order valence-electron chi connectivity index (χ2n) is 3.06. The molecule has 4 nitrogen and oxygen atoms in total. The first-order valence-corrected chi connectivity index (χ1v) is 7.20. The summed E-state index contributed by atoms with van der Waals surface area (Å²) in [5.41, 5.74) is 0.609. The fourth-order valence-corrected chi connectivity index (χ4v) is 3.06. The molecule has 1 aromatic heterocycles. The predicted molar refractivity (Wildman–Crippen MR) is 63.8 cm³/mol. The summed E-state index contributed by atoms with van der Waals surface area (Å²) in [6.07, 6.45) is 0.148. The van der Waals surface area contributed by atoms with Crippen molar-refractivity contribution in [1.82, 2.24) is 4.98 Å². The van der Waals surface area contributed by atoms with Crippen LogP contribution in [0.3, 0.4) is 0 Å². The summed E-state index contributed by atoms with van der Waals surface area (Å²) in [4.78, 5) is 4.06. The molecule has 0 saturated heterocycles. The third-order valence-corrected chi connectivity index (χ3v) is 4.00. The molecule has 1 heterocycles. The highest BCUT2D eigenvalue weighted by molar-refractivity contribution is 7.53. The molecule has 0 saturated carbocycles. The van der Waals surface area contributed by atoms with Crippen LogP contribution in [0.4, 0.5) is 0 Å². The van der Waals surface area contributed by atoms with Crippen LogP contribution >= 0.6 is 19.2 Å². The van der Waals surface area contributed by atoms with Gasteiger partial charge in [-0.05, 0) is 26.0 Å². The molecule has 0 aromatic carbocycles. The van der Waals surface area contributed by atoms with E-state index in [2.05, 4.69) is 4.98 Å². The fourth-order valence-electron chi connectivity index (χ4n) is 1.26. The van der Waals surface area contributed by atoms with Gasteiger partial charge >= 0.3 is 7.60 Å². The number of nitrogens with zero attached hydrogens (tertiary/aromatic N) is 1. The van der Waals surface area contributed by atoms with E-state index < -0.39 is 7.60 Å². The Kier molecular flexibility index (Phi) is 5.42. The molecule has 0 N–H and O–H groups in total. The van der Waals surface area contributed by atoms with Crippen LogP contribution in [0.5, 0.6) is 0 Å². The topological polar surface area (TPSA) is 48.4 Å². The van der Waals surface area contributed by atoms with Gasteiger partial charge in [0, 0.05) is 0 Å². The number of pyridine rings is 1. The quantitative estimate of drug-likeness (QED) is 0.582. The maximum Gasteiger partial charge on any atom is 0.336 e. The summed E-state index contributed by atoms with van der Waals surface area (Å²) >= 11 is 5.75. The fraction of sp³-hybridized carbons (Fsp3) is 0.500. The molecule has 0 atom stereocenters. The maximum atomic E-state index is 12.2. The number of rotatable bonds is 6. The Balaban J connectivity index is 2.79. The molecule has 0 aliphatic carbocycles. The van der Waals surface area contributed by atoms with E-state index >= 15 is 0 Å². The van der Waals surface area contributed by atoms with E-state index in [1.54, 1.807) is 32.0 Å². The lowest BCUT2D eigenvalue weighted by Crippen LogP contribution is -2.00. The highest BCUT2D eigenvalue weighted by atomic mass is 35.5. The Hall–Kier alpha value is -0.410. The van der Waals surface area contributed by atoms with Crippen LogP contribution in [-0.2, 0) is 19.8 Å². The highest BCUT2D eigenvalue weighted by Crippen LogP contribution is 2.50. The summed E-state index contributed by atoms with van der Waals surface area (Å²) in [6.45, 7) is 4.24. The molecule has 1 rings (SSSR count). The van der Waals surface area contributed by atoms with Gasteiger partial charge < -0.3 is 9.05 Å². The molecule has 0 fully saturated rings. The summed E-state index contributed by atoms with van der Waals surface area (Å²) in [7, 11) is -3.08. The molecule has 1 aromatic rings. The summed E-state index contributed by atoms with van der Waals surface area (Å²) < 4.78 is 22.5. The molecule has 0 radical (unpaired) electrons. The van der Waals surface area contributed by atoms with Crippen LogP contribution in [-0.4, -0.2) is 18.2 Å². The second-order valence-corrected chi connectivity index (χ2v) is 5.50. The average Bonchev–Trinajstić information content (AvgIpc) is 2.17. The van der Waals surface area contributed by atoms with E-state index in [1.165, 1.54) is 0 Å². The number of hydrogen-bond donors (Lipinski definition) is 0. The second kappa shape index (κ2) is 6.36. The molecular weight excluding hydrogens is 249 g/mol. The van der Waals surface area contributed by atoms with Gasteiger partial charge in [0.2, 0.25) is 0 Å². The molecule has 0 spiro atoms. The van der Waals surface area contributed by atoms with Gasteiger partial charge in [0.05, 0.1) is 25.1 Å². The summed E-state index contributed by atoms with van der Waals surface area (Å²) in [5.74, 6) is 0. The molecule has 16 heavy (non-hydrogen) atoms. The third-order valence-electron chi connectivity index (χ3n) is 1.78. The van der Waals surface area contributed by atoms with Gasteiger partial charge in [-0.2, -0.15) is 0 Å². The zero-order valence-electron chi connectivity index (χ0n) is 9.35. The lowest BCUT2D eigenvalue weighted by molar-refractivity contribution is 0.219. The third kappa shape index (κ3) is 4.22. The largest absolute Gasteiger partial charge is 0.336 e. The molecule has 0 unspecified atom stereocenters. The lowest BCUT2D eigenvalue weighted by Gasteiger charge is -2.16. The number of hydrogen-bond acceptors (Lipinski definition) is 4. The zero-order valence-corrected chi connectivity index (χ0v) is 11.0. The highest BCUT2D eigenvalue weighted by Gasteiger charge is 2.24. The van der Waals surface area contributed by atoms with Gasteiger partial charge in [-0.25, -0.2) is 4.98 Å². The minimum atomic E-state index is -3.08. The molecule has 6 heteroatoms. The Morgan fingerprint density at radius 1 is 1.31 bits per heavy atom. The van der Waals surface area contributed by atoms with E-state index in [1.807, 2.05) is 0 Å². The SMILES string of the molecule is CCOP(=O)(Cc1cccc(Cl)n1)OCC. The van der Waals surface area contributed by atoms with Crippen molar-refractivity contribution < 1.29 is 13.6 Å². The van der Waals surface area contributed by atoms with Crippen LogP contribution in [0.15, 0.2) is 18.2 Å². The standard InChI is InChI=1S/C10H15ClNO3P/c1-3-14-16(13,15-4-2)8-9-6-5-7-10(11)12-9/h5-7H,3-4,8H2,1-2H3. The van der Waals surface area contributed by atoms with Crippen LogP contribution < -0.4 is 0 Å². The van der Waals surface area contributed by atoms with Gasteiger partial charge in [0.25, 0.3) is 0 Å². The molecule has 90 valence electrons. The number of aromatic nitrogens is 1. The van der Waals surface area contributed by atoms with E-state index in [4.69, 9.17) is 20.6 Å².